The minimum atomic E-state index is -0.552. The Kier molecular flexibility index (Phi) is 13.6. The number of hydrogen-bond acceptors (Lipinski definition) is 6. The Hall–Kier alpha value is -0.240. The highest BCUT2D eigenvalue weighted by Crippen LogP contribution is 1.94. The molecule has 1 atom stereocenters. The zero-order valence-corrected chi connectivity index (χ0v) is 10.9. The van der Waals surface area contributed by atoms with Crippen molar-refractivity contribution in [1.29, 1.82) is 0 Å². The lowest BCUT2D eigenvalue weighted by Gasteiger charge is -2.16. The van der Waals surface area contributed by atoms with Crippen LogP contribution >= 0.6 is 0 Å². The second-order valence-electron chi connectivity index (χ2n) is 3.53. The quantitative estimate of drug-likeness (QED) is 0.293. The maximum atomic E-state index is 8.98. The Morgan fingerprint density at radius 2 is 1.65 bits per heavy atom. The first-order valence-electron chi connectivity index (χ1n) is 6.06. The molecule has 0 radical (unpaired) electrons. The minimum Gasteiger partial charge on any atom is -0.391 e. The van der Waals surface area contributed by atoms with Gasteiger partial charge in [0.15, 0.2) is 6.29 Å². The van der Waals surface area contributed by atoms with Crippen molar-refractivity contribution in [2.75, 3.05) is 60.2 Å². The van der Waals surface area contributed by atoms with Gasteiger partial charge in [-0.3, -0.25) is 0 Å². The first-order valence-corrected chi connectivity index (χ1v) is 6.06. The standard InChI is InChI=1S/C11H26N2O4/c1-12-4-3-6-15-8-9-17-11(10-14)16-7-5-13-2/h11-14H,3-10H2,1-2H3. The van der Waals surface area contributed by atoms with Gasteiger partial charge in [-0.1, -0.05) is 0 Å². The summed E-state index contributed by atoms with van der Waals surface area (Å²) in [6.45, 7) is 3.75. The molecule has 0 aromatic rings. The minimum absolute atomic E-state index is 0.135. The van der Waals surface area contributed by atoms with E-state index in [4.69, 9.17) is 19.3 Å². The van der Waals surface area contributed by atoms with E-state index in [0.717, 1.165) is 19.5 Å². The second-order valence-corrected chi connectivity index (χ2v) is 3.53. The van der Waals surface area contributed by atoms with Crippen LogP contribution in [0.5, 0.6) is 0 Å². The van der Waals surface area contributed by atoms with Crippen molar-refractivity contribution < 1.29 is 19.3 Å². The van der Waals surface area contributed by atoms with E-state index in [1.165, 1.54) is 0 Å². The van der Waals surface area contributed by atoms with Gasteiger partial charge < -0.3 is 30.0 Å². The first-order chi connectivity index (χ1) is 8.35. The van der Waals surface area contributed by atoms with Crippen LogP contribution in [0.2, 0.25) is 0 Å². The average Bonchev–Trinajstić information content (AvgIpc) is 2.35. The molecule has 0 saturated carbocycles. The smallest absolute Gasteiger partial charge is 0.180 e. The molecule has 6 heteroatoms. The molecule has 0 aliphatic rings. The van der Waals surface area contributed by atoms with Crippen molar-refractivity contribution in [3.05, 3.63) is 0 Å². The highest BCUT2D eigenvalue weighted by Gasteiger charge is 2.06. The van der Waals surface area contributed by atoms with Crippen LogP contribution in [0.15, 0.2) is 0 Å². The molecule has 0 aliphatic heterocycles. The topological polar surface area (TPSA) is 72.0 Å². The van der Waals surface area contributed by atoms with Crippen molar-refractivity contribution >= 4 is 0 Å². The third-order valence-corrected chi connectivity index (χ3v) is 2.05. The molecule has 0 amide bonds. The van der Waals surface area contributed by atoms with Gasteiger partial charge in [-0.2, -0.15) is 0 Å². The molecule has 0 aliphatic carbocycles. The Balaban J connectivity index is 3.25. The SMILES string of the molecule is CNCCCOCCOC(CO)OCCNC. The predicted octanol–water partition coefficient (Wildman–Crippen LogP) is -0.816. The Morgan fingerprint density at radius 1 is 0.941 bits per heavy atom. The van der Waals surface area contributed by atoms with E-state index < -0.39 is 6.29 Å². The van der Waals surface area contributed by atoms with E-state index >= 15 is 0 Å². The number of ether oxygens (including phenoxy) is 3. The predicted molar refractivity (Wildman–Crippen MR) is 66.1 cm³/mol. The van der Waals surface area contributed by atoms with Crippen LogP contribution < -0.4 is 10.6 Å². The monoisotopic (exact) mass is 250 g/mol. The first kappa shape index (κ1) is 16.8. The molecule has 0 spiro atoms. The van der Waals surface area contributed by atoms with Gasteiger partial charge in [-0.25, -0.2) is 0 Å². The zero-order chi connectivity index (χ0) is 12.8. The lowest BCUT2D eigenvalue weighted by molar-refractivity contribution is -0.168. The zero-order valence-electron chi connectivity index (χ0n) is 10.9. The number of aliphatic hydroxyl groups excluding tert-OH is 1. The maximum Gasteiger partial charge on any atom is 0.180 e. The molecule has 0 saturated heterocycles. The Morgan fingerprint density at radius 3 is 2.29 bits per heavy atom. The highest BCUT2D eigenvalue weighted by atomic mass is 16.7. The molecule has 17 heavy (non-hydrogen) atoms. The van der Waals surface area contributed by atoms with Crippen LogP contribution in [0, 0.1) is 0 Å². The summed E-state index contributed by atoms with van der Waals surface area (Å²) in [6, 6.07) is 0. The molecule has 104 valence electrons. The lowest BCUT2D eigenvalue weighted by atomic mass is 10.4. The fraction of sp³-hybridized carbons (Fsp3) is 1.00. The summed E-state index contributed by atoms with van der Waals surface area (Å²) in [5.41, 5.74) is 0. The summed E-state index contributed by atoms with van der Waals surface area (Å²) >= 11 is 0. The van der Waals surface area contributed by atoms with Gasteiger partial charge in [0.2, 0.25) is 0 Å². The van der Waals surface area contributed by atoms with Gasteiger partial charge in [0.25, 0.3) is 0 Å². The van der Waals surface area contributed by atoms with Crippen LogP contribution in [0.4, 0.5) is 0 Å². The van der Waals surface area contributed by atoms with Crippen LogP contribution in [-0.4, -0.2) is 71.6 Å². The van der Waals surface area contributed by atoms with Gasteiger partial charge in [0.05, 0.1) is 26.4 Å². The number of rotatable bonds is 13. The van der Waals surface area contributed by atoms with Gasteiger partial charge in [0, 0.05) is 13.2 Å². The third kappa shape index (κ3) is 12.0. The number of hydrogen-bond donors (Lipinski definition) is 3. The van der Waals surface area contributed by atoms with E-state index in [0.29, 0.717) is 26.4 Å². The number of nitrogens with one attached hydrogen (secondary N) is 2. The van der Waals surface area contributed by atoms with Gasteiger partial charge in [0.1, 0.15) is 0 Å². The van der Waals surface area contributed by atoms with E-state index in [1.807, 2.05) is 14.1 Å². The number of likely N-dealkylation sites (N-methyl/N-ethyl adjacent to an activating group) is 1. The number of aliphatic hydroxyl groups is 1. The second kappa shape index (κ2) is 13.8. The molecule has 0 rings (SSSR count). The van der Waals surface area contributed by atoms with E-state index in [9.17, 15) is 0 Å². The van der Waals surface area contributed by atoms with Crippen LogP contribution in [0.25, 0.3) is 0 Å². The molecular weight excluding hydrogens is 224 g/mol. The molecule has 1 unspecified atom stereocenters. The summed E-state index contributed by atoms with van der Waals surface area (Å²) < 4.78 is 15.9. The van der Waals surface area contributed by atoms with Gasteiger partial charge >= 0.3 is 0 Å². The molecule has 6 nitrogen and oxygen atoms in total. The van der Waals surface area contributed by atoms with Crippen molar-refractivity contribution in [2.45, 2.75) is 12.7 Å². The largest absolute Gasteiger partial charge is 0.391 e. The molecule has 0 aromatic heterocycles. The Labute approximate surface area is 104 Å². The Bertz CT molecular complexity index is 149. The van der Waals surface area contributed by atoms with Crippen LogP contribution in [0.1, 0.15) is 6.42 Å². The molecule has 0 heterocycles. The highest BCUT2D eigenvalue weighted by molar-refractivity contribution is 4.44. The summed E-state index contributed by atoms with van der Waals surface area (Å²) in [7, 11) is 3.76. The van der Waals surface area contributed by atoms with Crippen LogP contribution in [0.3, 0.4) is 0 Å². The summed E-state index contributed by atoms with van der Waals surface area (Å²) in [5, 5.41) is 15.0. The maximum absolute atomic E-state index is 8.98. The van der Waals surface area contributed by atoms with E-state index in [-0.39, 0.29) is 6.61 Å². The third-order valence-electron chi connectivity index (χ3n) is 2.05. The van der Waals surface area contributed by atoms with E-state index in [2.05, 4.69) is 10.6 Å². The van der Waals surface area contributed by atoms with Crippen molar-refractivity contribution in [2.24, 2.45) is 0 Å². The van der Waals surface area contributed by atoms with Gasteiger partial charge in [-0.05, 0) is 27.1 Å². The summed E-state index contributed by atoms with van der Waals surface area (Å²) in [5.74, 6) is 0. The normalized spacial score (nSPS) is 12.9. The lowest BCUT2D eigenvalue weighted by Crippen LogP contribution is -2.27. The van der Waals surface area contributed by atoms with Gasteiger partial charge in [-0.15, -0.1) is 0 Å². The molecular formula is C11H26N2O4. The van der Waals surface area contributed by atoms with Crippen LogP contribution in [-0.2, 0) is 14.2 Å². The fourth-order valence-electron chi connectivity index (χ4n) is 1.14. The molecule has 3 N–H and O–H groups in total. The van der Waals surface area contributed by atoms with Crippen molar-refractivity contribution in [3.63, 3.8) is 0 Å². The molecule has 0 aromatic carbocycles. The summed E-state index contributed by atoms with van der Waals surface area (Å²) in [4.78, 5) is 0. The molecule has 0 fully saturated rings. The average molecular weight is 250 g/mol. The van der Waals surface area contributed by atoms with E-state index in [1.54, 1.807) is 0 Å². The fourth-order valence-corrected chi connectivity index (χ4v) is 1.14. The van der Waals surface area contributed by atoms with Crippen molar-refractivity contribution in [1.82, 2.24) is 10.6 Å². The van der Waals surface area contributed by atoms with Crippen molar-refractivity contribution in [3.8, 4) is 0 Å². The summed E-state index contributed by atoms with van der Waals surface area (Å²) in [6.07, 6.45) is 0.433. The molecule has 0 bridgehead atoms.